The zero-order valence-corrected chi connectivity index (χ0v) is 10.7. The molecule has 0 amide bonds. The second-order valence-electron chi connectivity index (χ2n) is 4.39. The highest BCUT2D eigenvalue weighted by atomic mass is 35.5. The number of benzene rings is 1. The average Bonchev–Trinajstić information content (AvgIpc) is 2.86. The number of Topliss-reactive ketones (excluding diaryl/α,β-unsaturated/α-hetero) is 1. The Labute approximate surface area is 107 Å². The molecular weight excluding hydrogens is 236 g/mol. The third-order valence-electron chi connectivity index (χ3n) is 3.32. The van der Waals surface area contributed by atoms with Crippen molar-refractivity contribution in [2.24, 2.45) is 5.92 Å². The molecule has 17 heavy (non-hydrogen) atoms. The fraction of sp³-hybridized carbons (Fsp3) is 0.500. The van der Waals surface area contributed by atoms with Crippen LogP contribution in [0.5, 0.6) is 0 Å². The fourth-order valence-corrected chi connectivity index (χ4v) is 2.66. The molecule has 3 heteroatoms. The topological polar surface area (TPSA) is 26.3 Å². The zero-order valence-electron chi connectivity index (χ0n) is 9.93. The number of rotatable bonds is 4. The van der Waals surface area contributed by atoms with Gasteiger partial charge in [0.25, 0.3) is 0 Å². The Bertz CT molecular complexity index is 377. The highest BCUT2D eigenvalue weighted by Gasteiger charge is 2.36. The summed E-state index contributed by atoms with van der Waals surface area (Å²) in [5, 5.41) is -0.544. The Morgan fingerprint density at radius 1 is 1.47 bits per heavy atom. The summed E-state index contributed by atoms with van der Waals surface area (Å²) in [6.45, 7) is 2.72. The van der Waals surface area contributed by atoms with E-state index in [0.717, 1.165) is 18.4 Å². The van der Waals surface area contributed by atoms with Crippen LogP contribution in [-0.4, -0.2) is 18.5 Å². The van der Waals surface area contributed by atoms with Crippen molar-refractivity contribution in [3.05, 3.63) is 35.9 Å². The Kier molecular flexibility index (Phi) is 4.19. The van der Waals surface area contributed by atoms with Gasteiger partial charge >= 0.3 is 0 Å². The lowest BCUT2D eigenvalue weighted by molar-refractivity contribution is -0.124. The number of hydrogen-bond donors (Lipinski definition) is 0. The maximum Gasteiger partial charge on any atom is 0.160 e. The van der Waals surface area contributed by atoms with Gasteiger partial charge in [0.2, 0.25) is 0 Å². The first-order valence-corrected chi connectivity index (χ1v) is 6.52. The molecule has 0 aliphatic carbocycles. The molecule has 1 aliphatic heterocycles. The van der Waals surface area contributed by atoms with Crippen molar-refractivity contribution in [1.82, 2.24) is 0 Å². The first-order valence-electron chi connectivity index (χ1n) is 6.08. The highest BCUT2D eigenvalue weighted by Crippen LogP contribution is 2.32. The van der Waals surface area contributed by atoms with Gasteiger partial charge in [-0.3, -0.25) is 4.79 Å². The summed E-state index contributed by atoms with van der Waals surface area (Å²) in [7, 11) is 0. The van der Waals surface area contributed by atoms with Gasteiger partial charge in [-0.05, 0) is 18.4 Å². The molecule has 1 saturated heterocycles. The van der Waals surface area contributed by atoms with Crippen LogP contribution in [-0.2, 0) is 9.53 Å². The summed E-state index contributed by atoms with van der Waals surface area (Å²) in [6, 6.07) is 9.52. The number of ether oxygens (including phenoxy) is 1. The van der Waals surface area contributed by atoms with E-state index in [4.69, 9.17) is 16.3 Å². The van der Waals surface area contributed by atoms with Crippen molar-refractivity contribution >= 4 is 17.4 Å². The van der Waals surface area contributed by atoms with Crippen LogP contribution in [0.3, 0.4) is 0 Å². The molecule has 3 atom stereocenters. The molecule has 3 unspecified atom stereocenters. The maximum atomic E-state index is 12.3. The van der Waals surface area contributed by atoms with Crippen LogP contribution in [0.4, 0.5) is 0 Å². The lowest BCUT2D eigenvalue weighted by Gasteiger charge is -2.18. The van der Waals surface area contributed by atoms with Crippen LogP contribution in [0, 0.1) is 5.92 Å². The Balaban J connectivity index is 2.10. The van der Waals surface area contributed by atoms with E-state index in [9.17, 15) is 4.79 Å². The van der Waals surface area contributed by atoms with Crippen molar-refractivity contribution in [2.75, 3.05) is 6.61 Å². The standard InChI is InChI=1S/C14H17ClO2/c1-2-12-11(8-9-17-12)14(16)13(15)10-6-4-3-5-7-10/h3-7,11-13H,2,8-9H2,1H3. The number of hydrogen-bond acceptors (Lipinski definition) is 2. The van der Waals surface area contributed by atoms with E-state index in [2.05, 4.69) is 0 Å². The molecule has 0 radical (unpaired) electrons. The van der Waals surface area contributed by atoms with Crippen LogP contribution in [0.1, 0.15) is 30.7 Å². The quantitative estimate of drug-likeness (QED) is 0.769. The smallest absolute Gasteiger partial charge is 0.160 e. The van der Waals surface area contributed by atoms with E-state index in [1.54, 1.807) is 0 Å². The molecule has 0 spiro atoms. The normalized spacial score (nSPS) is 25.8. The van der Waals surface area contributed by atoms with Gasteiger partial charge in [-0.1, -0.05) is 37.3 Å². The van der Waals surface area contributed by atoms with Crippen LogP contribution in [0.25, 0.3) is 0 Å². The van der Waals surface area contributed by atoms with Crippen LogP contribution in [0.2, 0.25) is 0 Å². The summed E-state index contributed by atoms with van der Waals surface area (Å²) in [5.41, 5.74) is 0.876. The molecule has 1 aromatic carbocycles. The third-order valence-corrected chi connectivity index (χ3v) is 3.79. The van der Waals surface area contributed by atoms with Gasteiger partial charge in [-0.25, -0.2) is 0 Å². The molecule has 1 heterocycles. The molecular formula is C14H17ClO2. The summed E-state index contributed by atoms with van der Waals surface area (Å²) in [4.78, 5) is 12.3. The van der Waals surface area contributed by atoms with Crippen LogP contribution in [0.15, 0.2) is 30.3 Å². The van der Waals surface area contributed by atoms with E-state index in [1.165, 1.54) is 0 Å². The lowest BCUT2D eigenvalue weighted by Crippen LogP contribution is -2.26. The van der Waals surface area contributed by atoms with Crippen molar-refractivity contribution < 1.29 is 9.53 Å². The molecule has 2 nitrogen and oxygen atoms in total. The predicted octanol–water partition coefficient (Wildman–Crippen LogP) is 3.35. The second-order valence-corrected chi connectivity index (χ2v) is 4.82. The SMILES string of the molecule is CCC1OCCC1C(=O)C(Cl)c1ccccc1. The average molecular weight is 253 g/mol. The molecule has 1 aliphatic rings. The lowest BCUT2D eigenvalue weighted by atomic mass is 9.90. The van der Waals surface area contributed by atoms with E-state index >= 15 is 0 Å². The molecule has 0 saturated carbocycles. The predicted molar refractivity (Wildman–Crippen MR) is 68.2 cm³/mol. The van der Waals surface area contributed by atoms with E-state index < -0.39 is 5.38 Å². The van der Waals surface area contributed by atoms with Gasteiger partial charge in [0.15, 0.2) is 5.78 Å². The number of carbonyl (C=O) groups excluding carboxylic acids is 1. The monoisotopic (exact) mass is 252 g/mol. The Hall–Kier alpha value is -0.860. The van der Waals surface area contributed by atoms with Gasteiger partial charge in [0.05, 0.1) is 6.10 Å². The minimum absolute atomic E-state index is 0.0392. The van der Waals surface area contributed by atoms with Crippen molar-refractivity contribution in [3.63, 3.8) is 0 Å². The number of carbonyl (C=O) groups is 1. The first kappa shape index (κ1) is 12.6. The van der Waals surface area contributed by atoms with Crippen LogP contribution < -0.4 is 0 Å². The highest BCUT2D eigenvalue weighted by molar-refractivity contribution is 6.31. The fourth-order valence-electron chi connectivity index (χ4n) is 2.35. The summed E-state index contributed by atoms with van der Waals surface area (Å²) < 4.78 is 5.54. The number of ketones is 1. The van der Waals surface area contributed by atoms with Crippen molar-refractivity contribution in [1.29, 1.82) is 0 Å². The largest absolute Gasteiger partial charge is 0.377 e. The van der Waals surface area contributed by atoms with Gasteiger partial charge < -0.3 is 4.74 Å². The molecule has 0 N–H and O–H groups in total. The molecule has 92 valence electrons. The summed E-state index contributed by atoms with van der Waals surface area (Å²) in [6.07, 6.45) is 1.72. The summed E-state index contributed by atoms with van der Waals surface area (Å²) >= 11 is 6.25. The zero-order chi connectivity index (χ0) is 12.3. The molecule has 0 bridgehead atoms. The molecule has 2 rings (SSSR count). The van der Waals surface area contributed by atoms with Crippen LogP contribution >= 0.6 is 11.6 Å². The van der Waals surface area contributed by atoms with E-state index in [0.29, 0.717) is 6.61 Å². The molecule has 1 fully saturated rings. The molecule has 1 aromatic rings. The second kappa shape index (κ2) is 5.65. The minimum atomic E-state index is -0.544. The van der Waals surface area contributed by atoms with Crippen molar-refractivity contribution in [3.8, 4) is 0 Å². The van der Waals surface area contributed by atoms with Gasteiger partial charge in [-0.2, -0.15) is 0 Å². The Morgan fingerprint density at radius 2 is 2.18 bits per heavy atom. The number of halogens is 1. The molecule has 0 aromatic heterocycles. The van der Waals surface area contributed by atoms with Crippen molar-refractivity contribution in [2.45, 2.75) is 31.2 Å². The van der Waals surface area contributed by atoms with Gasteiger partial charge in [-0.15, -0.1) is 11.6 Å². The van der Waals surface area contributed by atoms with Gasteiger partial charge in [0, 0.05) is 12.5 Å². The maximum absolute atomic E-state index is 12.3. The number of alkyl halides is 1. The third kappa shape index (κ3) is 2.70. The Morgan fingerprint density at radius 3 is 2.82 bits per heavy atom. The van der Waals surface area contributed by atoms with E-state index in [-0.39, 0.29) is 17.8 Å². The van der Waals surface area contributed by atoms with Gasteiger partial charge in [0.1, 0.15) is 5.38 Å². The minimum Gasteiger partial charge on any atom is -0.377 e. The summed E-state index contributed by atoms with van der Waals surface area (Å²) in [5.74, 6) is 0.0601. The van der Waals surface area contributed by atoms with E-state index in [1.807, 2.05) is 37.3 Å². The first-order chi connectivity index (χ1) is 8.24.